The molecule has 0 amide bonds. The van der Waals surface area contributed by atoms with Crippen molar-refractivity contribution in [1.29, 1.82) is 0 Å². The number of rotatable bonds is 5. The average Bonchev–Trinajstić information content (AvgIpc) is 2.87. The van der Waals surface area contributed by atoms with Crippen LogP contribution in [0.4, 0.5) is 5.13 Å². The second kappa shape index (κ2) is 6.45. The van der Waals surface area contributed by atoms with E-state index in [0.29, 0.717) is 5.92 Å². The van der Waals surface area contributed by atoms with Gasteiger partial charge in [-0.2, -0.15) is 4.37 Å². The lowest BCUT2D eigenvalue weighted by atomic mass is 10.2. The molecule has 1 aliphatic heterocycles. The molecule has 18 heavy (non-hydrogen) atoms. The van der Waals surface area contributed by atoms with E-state index in [1.165, 1.54) is 11.5 Å². The second-order valence-corrected chi connectivity index (χ2v) is 5.83. The summed E-state index contributed by atoms with van der Waals surface area (Å²) in [6.07, 6.45) is 0. The number of nitrogens with zero attached hydrogens (tertiary/aromatic N) is 4. The smallest absolute Gasteiger partial charge is 0.204 e. The number of likely N-dealkylation sites (N-methyl/N-ethyl adjacent to an activating group) is 1. The van der Waals surface area contributed by atoms with Crippen molar-refractivity contribution in [2.24, 2.45) is 0 Å². The highest BCUT2D eigenvalue weighted by atomic mass is 32.1. The van der Waals surface area contributed by atoms with Crippen LogP contribution in [0.3, 0.4) is 0 Å². The standard InChI is InChI=1S/C12H23N5S/c1-10(2)11-14-12(18-15-11)16(3)8-9-17-6-4-13-5-7-17/h10,13H,4-9H2,1-3H3. The van der Waals surface area contributed by atoms with Gasteiger partial charge >= 0.3 is 0 Å². The number of hydrogen-bond acceptors (Lipinski definition) is 6. The highest BCUT2D eigenvalue weighted by molar-refractivity contribution is 7.09. The Morgan fingerprint density at radius 3 is 2.72 bits per heavy atom. The summed E-state index contributed by atoms with van der Waals surface area (Å²) >= 11 is 1.51. The third-order valence-electron chi connectivity index (χ3n) is 3.24. The van der Waals surface area contributed by atoms with E-state index < -0.39 is 0 Å². The van der Waals surface area contributed by atoms with E-state index in [1.54, 1.807) is 0 Å². The van der Waals surface area contributed by atoms with Gasteiger partial charge in [0.05, 0.1) is 0 Å². The van der Waals surface area contributed by atoms with Crippen LogP contribution in [0.25, 0.3) is 0 Å². The van der Waals surface area contributed by atoms with Gasteiger partial charge in [-0.1, -0.05) is 13.8 Å². The molecule has 1 N–H and O–H groups in total. The highest BCUT2D eigenvalue weighted by Gasteiger charge is 2.13. The Morgan fingerprint density at radius 2 is 2.11 bits per heavy atom. The summed E-state index contributed by atoms with van der Waals surface area (Å²) in [6, 6.07) is 0. The molecule has 2 heterocycles. The molecule has 102 valence electrons. The number of piperazine rings is 1. The third-order valence-corrected chi connectivity index (χ3v) is 4.08. The van der Waals surface area contributed by atoms with E-state index in [1.807, 2.05) is 0 Å². The van der Waals surface area contributed by atoms with E-state index in [0.717, 1.165) is 50.2 Å². The number of nitrogens with one attached hydrogen (secondary N) is 1. The molecule has 1 aromatic heterocycles. The maximum Gasteiger partial charge on any atom is 0.204 e. The van der Waals surface area contributed by atoms with Crippen molar-refractivity contribution in [3.05, 3.63) is 5.82 Å². The molecule has 1 aliphatic rings. The van der Waals surface area contributed by atoms with Crippen LogP contribution in [0.5, 0.6) is 0 Å². The molecule has 0 bridgehead atoms. The molecular weight excluding hydrogens is 246 g/mol. The molecule has 0 spiro atoms. The monoisotopic (exact) mass is 269 g/mol. The van der Waals surface area contributed by atoms with Crippen molar-refractivity contribution < 1.29 is 0 Å². The molecule has 0 aliphatic carbocycles. The van der Waals surface area contributed by atoms with Crippen LogP contribution >= 0.6 is 11.5 Å². The van der Waals surface area contributed by atoms with Gasteiger partial charge < -0.3 is 10.2 Å². The Bertz CT molecular complexity index is 359. The predicted molar refractivity (Wildman–Crippen MR) is 76.6 cm³/mol. The topological polar surface area (TPSA) is 44.3 Å². The SMILES string of the molecule is CC(C)c1nsc(N(C)CCN2CCNCC2)n1. The first-order valence-corrected chi connectivity index (χ1v) is 7.42. The molecule has 1 saturated heterocycles. The molecule has 2 rings (SSSR count). The fourth-order valence-corrected chi connectivity index (χ4v) is 2.73. The third kappa shape index (κ3) is 3.63. The second-order valence-electron chi connectivity index (χ2n) is 5.10. The lowest BCUT2D eigenvalue weighted by molar-refractivity contribution is 0.246. The molecule has 0 unspecified atom stereocenters. The van der Waals surface area contributed by atoms with E-state index in [4.69, 9.17) is 0 Å². The molecule has 1 aromatic rings. The summed E-state index contributed by atoms with van der Waals surface area (Å²) < 4.78 is 4.40. The molecule has 0 radical (unpaired) electrons. The van der Waals surface area contributed by atoms with Gasteiger partial charge in [-0.25, -0.2) is 4.98 Å². The summed E-state index contributed by atoms with van der Waals surface area (Å²) in [5.74, 6) is 1.38. The Balaban J connectivity index is 1.80. The summed E-state index contributed by atoms with van der Waals surface area (Å²) in [6.45, 7) is 10.9. The molecule has 0 aromatic carbocycles. The van der Waals surface area contributed by atoms with Crippen molar-refractivity contribution in [2.75, 3.05) is 51.2 Å². The van der Waals surface area contributed by atoms with Gasteiger partial charge in [0, 0.05) is 63.8 Å². The molecule has 6 heteroatoms. The summed E-state index contributed by atoms with van der Waals surface area (Å²) in [5, 5.41) is 4.41. The van der Waals surface area contributed by atoms with E-state index in [9.17, 15) is 0 Å². The predicted octanol–water partition coefficient (Wildman–Crippen LogP) is 1.00. The Labute approximate surface area is 113 Å². The van der Waals surface area contributed by atoms with Crippen molar-refractivity contribution in [3.63, 3.8) is 0 Å². The van der Waals surface area contributed by atoms with Crippen LogP contribution < -0.4 is 10.2 Å². The van der Waals surface area contributed by atoms with Crippen molar-refractivity contribution in [2.45, 2.75) is 19.8 Å². The van der Waals surface area contributed by atoms with Crippen LogP contribution in [0, 0.1) is 0 Å². The quantitative estimate of drug-likeness (QED) is 0.864. The zero-order chi connectivity index (χ0) is 13.0. The van der Waals surface area contributed by atoms with Gasteiger partial charge in [0.15, 0.2) is 0 Å². The summed E-state index contributed by atoms with van der Waals surface area (Å²) in [7, 11) is 2.10. The van der Waals surface area contributed by atoms with Crippen molar-refractivity contribution in [1.82, 2.24) is 19.6 Å². The molecule has 5 nitrogen and oxygen atoms in total. The first kappa shape index (κ1) is 13.7. The van der Waals surface area contributed by atoms with Gasteiger partial charge in [-0.15, -0.1) is 0 Å². The van der Waals surface area contributed by atoms with Gasteiger partial charge in [0.1, 0.15) is 5.82 Å². The number of hydrogen-bond donors (Lipinski definition) is 1. The minimum atomic E-state index is 0.413. The van der Waals surface area contributed by atoms with Crippen molar-refractivity contribution >= 4 is 16.7 Å². The van der Waals surface area contributed by atoms with Gasteiger partial charge in [0.2, 0.25) is 5.13 Å². The maximum absolute atomic E-state index is 4.58. The zero-order valence-corrected chi connectivity index (χ0v) is 12.3. The largest absolute Gasteiger partial charge is 0.349 e. The normalized spacial score (nSPS) is 17.3. The average molecular weight is 269 g/mol. The molecule has 0 atom stereocenters. The first-order valence-electron chi connectivity index (χ1n) is 6.64. The van der Waals surface area contributed by atoms with Crippen LogP contribution in [-0.2, 0) is 0 Å². The minimum absolute atomic E-state index is 0.413. The van der Waals surface area contributed by atoms with Crippen LogP contribution in [-0.4, -0.2) is 60.6 Å². The van der Waals surface area contributed by atoms with Crippen LogP contribution in [0.2, 0.25) is 0 Å². The van der Waals surface area contributed by atoms with E-state index in [-0.39, 0.29) is 0 Å². The molecular formula is C12H23N5S. The van der Waals surface area contributed by atoms with E-state index in [2.05, 4.69) is 45.4 Å². The summed E-state index contributed by atoms with van der Waals surface area (Å²) in [4.78, 5) is 9.29. The zero-order valence-electron chi connectivity index (χ0n) is 11.5. The van der Waals surface area contributed by atoms with Crippen molar-refractivity contribution in [3.8, 4) is 0 Å². The Kier molecular flexibility index (Phi) is 4.91. The Morgan fingerprint density at radius 1 is 1.39 bits per heavy atom. The lowest BCUT2D eigenvalue weighted by Gasteiger charge is -2.28. The fraction of sp³-hybridized carbons (Fsp3) is 0.833. The summed E-state index contributed by atoms with van der Waals surface area (Å²) in [5.41, 5.74) is 0. The molecule has 1 fully saturated rings. The van der Waals surface area contributed by atoms with Crippen LogP contribution in [0.15, 0.2) is 0 Å². The first-order chi connectivity index (χ1) is 8.66. The van der Waals surface area contributed by atoms with Gasteiger partial charge in [0.25, 0.3) is 0 Å². The lowest BCUT2D eigenvalue weighted by Crippen LogP contribution is -2.46. The maximum atomic E-state index is 4.58. The van der Waals surface area contributed by atoms with Gasteiger partial charge in [-0.05, 0) is 0 Å². The number of anilines is 1. The highest BCUT2D eigenvalue weighted by Crippen LogP contribution is 2.20. The van der Waals surface area contributed by atoms with E-state index >= 15 is 0 Å². The fourth-order valence-electron chi connectivity index (χ4n) is 1.94. The number of aromatic nitrogens is 2. The Hall–Kier alpha value is -0.720. The molecule has 0 saturated carbocycles. The van der Waals surface area contributed by atoms with Gasteiger partial charge in [-0.3, -0.25) is 4.90 Å². The van der Waals surface area contributed by atoms with Crippen LogP contribution in [0.1, 0.15) is 25.6 Å². The minimum Gasteiger partial charge on any atom is -0.349 e.